The van der Waals surface area contributed by atoms with Crippen LogP contribution < -0.4 is 31.8 Å². The molecule has 0 saturated carbocycles. The van der Waals surface area contributed by atoms with Gasteiger partial charge in [0.2, 0.25) is 0 Å². The monoisotopic (exact) mass is 598 g/mol. The number of thiophene rings is 1. The average molecular weight is 599 g/mol. The van der Waals surface area contributed by atoms with Crippen LogP contribution in [0.5, 0.6) is 0 Å². The molecule has 7 rings (SSSR count). The third-order valence-electron chi connectivity index (χ3n) is 7.89. The lowest BCUT2D eigenvalue weighted by Gasteiger charge is -2.21. The van der Waals surface area contributed by atoms with E-state index in [2.05, 4.69) is 24.3 Å². The van der Waals surface area contributed by atoms with Crippen LogP contribution in [0.4, 0.5) is 0 Å². The Balaban J connectivity index is 1.47. The molecule has 42 heavy (non-hydrogen) atoms. The Kier molecular flexibility index (Phi) is 6.83. The van der Waals surface area contributed by atoms with Gasteiger partial charge in [-0.15, -0.1) is 11.3 Å². The van der Waals surface area contributed by atoms with Crippen molar-refractivity contribution < 1.29 is 9.13 Å². The van der Waals surface area contributed by atoms with E-state index in [1.54, 1.807) is 11.3 Å². The van der Waals surface area contributed by atoms with Crippen molar-refractivity contribution in [2.24, 2.45) is 0 Å². The van der Waals surface area contributed by atoms with E-state index in [4.69, 9.17) is 0 Å². The van der Waals surface area contributed by atoms with E-state index >= 15 is 9.13 Å². The summed E-state index contributed by atoms with van der Waals surface area (Å²) in [5.41, 5.74) is 1.08. The zero-order valence-corrected chi connectivity index (χ0v) is 25.7. The van der Waals surface area contributed by atoms with E-state index in [1.807, 2.05) is 134 Å². The lowest BCUT2D eigenvalue weighted by Crippen LogP contribution is -2.25. The summed E-state index contributed by atoms with van der Waals surface area (Å²) in [6, 6.07) is 49.8. The Morgan fingerprint density at radius 3 is 1.21 bits per heavy atom. The fraction of sp³-hybridized carbons (Fsp3) is 0.0270. The second kappa shape index (κ2) is 10.7. The van der Waals surface area contributed by atoms with Gasteiger partial charge in [0.15, 0.2) is 14.3 Å². The molecule has 0 aliphatic heterocycles. The van der Waals surface area contributed by atoms with Crippen LogP contribution in [-0.2, 0) is 9.13 Å². The van der Waals surface area contributed by atoms with Gasteiger partial charge in [0.1, 0.15) is 0 Å². The van der Waals surface area contributed by atoms with E-state index in [0.717, 1.165) is 57.6 Å². The lowest BCUT2D eigenvalue weighted by molar-refractivity contribution is 0.591. The molecule has 0 saturated heterocycles. The first kappa shape index (κ1) is 26.9. The first-order valence-electron chi connectivity index (χ1n) is 13.9. The largest absolute Gasteiger partial charge is 0.309 e. The van der Waals surface area contributed by atoms with Crippen molar-refractivity contribution in [3.05, 3.63) is 157 Å². The molecule has 7 aromatic rings. The summed E-state index contributed by atoms with van der Waals surface area (Å²) in [6.45, 7) is 2.04. The number of aryl methyl sites for hydroxylation is 1. The van der Waals surface area contributed by atoms with E-state index in [-0.39, 0.29) is 0 Å². The predicted molar refractivity (Wildman–Crippen MR) is 183 cm³/mol. The highest BCUT2D eigenvalue weighted by Gasteiger charge is 2.32. The summed E-state index contributed by atoms with van der Waals surface area (Å²) in [7, 11) is -6.28. The van der Waals surface area contributed by atoms with Crippen LogP contribution in [0.3, 0.4) is 0 Å². The van der Waals surface area contributed by atoms with Gasteiger partial charge in [0.05, 0.1) is 0 Å². The summed E-state index contributed by atoms with van der Waals surface area (Å²) in [4.78, 5) is 0. The number of benzene rings is 6. The van der Waals surface area contributed by atoms with Gasteiger partial charge in [-0.1, -0.05) is 115 Å². The van der Waals surface area contributed by atoms with Crippen molar-refractivity contribution >= 4 is 77.6 Å². The van der Waals surface area contributed by atoms with Crippen molar-refractivity contribution in [1.29, 1.82) is 0 Å². The van der Waals surface area contributed by atoms with Crippen molar-refractivity contribution in [2.75, 3.05) is 0 Å². The maximum Gasteiger partial charge on any atom is 0.171 e. The van der Waals surface area contributed by atoms with Gasteiger partial charge < -0.3 is 9.13 Å². The van der Waals surface area contributed by atoms with Crippen LogP contribution >= 0.6 is 25.6 Å². The van der Waals surface area contributed by atoms with E-state index in [0.29, 0.717) is 0 Å². The van der Waals surface area contributed by atoms with Crippen LogP contribution in [0.25, 0.3) is 20.2 Å². The molecular formula is C37H28O2P2S. The second-order valence-corrected chi connectivity index (χ2v) is 17.1. The second-order valence-electron chi connectivity index (χ2n) is 10.5. The Bertz CT molecular complexity index is 2110. The van der Waals surface area contributed by atoms with Crippen molar-refractivity contribution in [2.45, 2.75) is 6.92 Å². The number of rotatable bonds is 6. The molecule has 1 atom stereocenters. The highest BCUT2D eigenvalue weighted by Crippen LogP contribution is 2.46. The first-order chi connectivity index (χ1) is 20.5. The van der Waals surface area contributed by atoms with Crippen molar-refractivity contribution in [3.8, 4) is 0 Å². The molecular weight excluding hydrogens is 570 g/mol. The van der Waals surface area contributed by atoms with Gasteiger partial charge in [-0.2, -0.15) is 0 Å². The number of hydrogen-bond donors (Lipinski definition) is 0. The predicted octanol–water partition coefficient (Wildman–Crippen LogP) is 7.64. The summed E-state index contributed by atoms with van der Waals surface area (Å²) >= 11 is 1.71. The number of fused-ring (bicyclic) bond motifs is 3. The minimum Gasteiger partial charge on any atom is -0.309 e. The fourth-order valence-electron chi connectivity index (χ4n) is 5.78. The molecule has 5 heteroatoms. The highest BCUT2D eigenvalue weighted by atomic mass is 32.1. The zero-order valence-electron chi connectivity index (χ0n) is 23.1. The summed E-state index contributed by atoms with van der Waals surface area (Å²) < 4.78 is 32.6. The maximum absolute atomic E-state index is 15.2. The van der Waals surface area contributed by atoms with Crippen LogP contribution in [0.2, 0.25) is 0 Å². The van der Waals surface area contributed by atoms with Gasteiger partial charge in [-0.05, 0) is 49.4 Å². The lowest BCUT2D eigenvalue weighted by atomic mass is 10.1. The molecule has 0 bridgehead atoms. The van der Waals surface area contributed by atoms with Gasteiger partial charge in [-0.25, -0.2) is 0 Å². The molecule has 0 N–H and O–H groups in total. The zero-order chi connectivity index (χ0) is 28.7. The summed E-state index contributed by atoms with van der Waals surface area (Å²) in [5, 5.41) is 6.91. The molecule has 2 nitrogen and oxygen atoms in total. The highest BCUT2D eigenvalue weighted by molar-refractivity contribution is 7.85. The molecule has 0 aliphatic rings. The SMILES string of the molecule is Cc1cccc(P(=O)(c2ccccc2)c2ccc3sc4ccc(P(=O)(c5ccccc5)c5ccccc5)cc4c3c2)c1. The van der Waals surface area contributed by atoms with Crippen molar-refractivity contribution in [3.63, 3.8) is 0 Å². The Labute approximate surface area is 250 Å². The van der Waals surface area contributed by atoms with Crippen LogP contribution in [-0.4, -0.2) is 0 Å². The average Bonchev–Trinajstić information content (AvgIpc) is 3.42. The summed E-state index contributed by atoms with van der Waals surface area (Å²) in [6.07, 6.45) is 0. The van der Waals surface area contributed by atoms with E-state index in [9.17, 15) is 0 Å². The van der Waals surface area contributed by atoms with Crippen molar-refractivity contribution in [1.82, 2.24) is 0 Å². The maximum atomic E-state index is 15.2. The Hall–Kier alpha value is -4.00. The van der Waals surface area contributed by atoms with Crippen LogP contribution in [0.1, 0.15) is 5.56 Å². The molecule has 0 radical (unpaired) electrons. The minimum absolute atomic E-state index is 0.794. The first-order valence-corrected chi connectivity index (χ1v) is 18.1. The van der Waals surface area contributed by atoms with Gasteiger partial charge in [0.25, 0.3) is 0 Å². The quantitative estimate of drug-likeness (QED) is 0.184. The molecule has 0 spiro atoms. The molecule has 204 valence electrons. The third kappa shape index (κ3) is 4.41. The third-order valence-corrected chi connectivity index (χ3v) is 15.1. The van der Waals surface area contributed by atoms with E-state index in [1.165, 1.54) is 0 Å². The molecule has 1 aromatic heterocycles. The smallest absolute Gasteiger partial charge is 0.171 e. The van der Waals surface area contributed by atoms with E-state index < -0.39 is 14.3 Å². The Morgan fingerprint density at radius 1 is 0.405 bits per heavy atom. The molecule has 1 unspecified atom stereocenters. The minimum atomic E-state index is -3.15. The van der Waals surface area contributed by atoms with Crippen LogP contribution in [0.15, 0.2) is 152 Å². The normalized spacial score (nSPS) is 13.3. The van der Waals surface area contributed by atoms with Crippen LogP contribution in [0, 0.1) is 6.92 Å². The number of hydrogen-bond acceptors (Lipinski definition) is 3. The molecule has 1 heterocycles. The molecule has 0 fully saturated rings. The molecule has 0 aliphatic carbocycles. The topological polar surface area (TPSA) is 34.1 Å². The molecule has 6 aromatic carbocycles. The van der Waals surface area contributed by atoms with Gasteiger partial charge in [0, 0.05) is 52.0 Å². The van der Waals surface area contributed by atoms with Gasteiger partial charge in [-0.3, -0.25) is 0 Å². The Morgan fingerprint density at radius 2 is 0.786 bits per heavy atom. The summed E-state index contributed by atoms with van der Waals surface area (Å²) in [5.74, 6) is 0. The fourth-order valence-corrected chi connectivity index (χ4v) is 12.3. The van der Waals surface area contributed by atoms with Gasteiger partial charge >= 0.3 is 0 Å². The molecule has 0 amide bonds. The standard InChI is InChI=1S/C37H28O2P2S/c1-27-12-11-19-31(24-27)41(39,30-17-9-4-10-18-30)33-21-23-37-35(26-33)34-25-32(20-22-36(34)42-37)40(38,28-13-5-2-6-14-28)29-15-7-3-8-16-29/h2-26H,1H3.